The van der Waals surface area contributed by atoms with E-state index in [0.717, 1.165) is 24.3 Å². The van der Waals surface area contributed by atoms with Crippen LogP contribution in [0, 0.1) is 0 Å². The van der Waals surface area contributed by atoms with Gasteiger partial charge in [0.15, 0.2) is 0 Å². The number of rotatable bonds is 9. The molecule has 0 saturated carbocycles. The first-order chi connectivity index (χ1) is 13.7. The van der Waals surface area contributed by atoms with E-state index >= 15 is 0 Å². The number of methoxy groups -OCH3 is 1. The number of aryl methyl sites for hydroxylation is 1. The average Bonchev–Trinajstić information content (AvgIpc) is 2.76. The lowest BCUT2D eigenvalue weighted by Gasteiger charge is -2.07. The molecular formula is C24H25NO2S. The summed E-state index contributed by atoms with van der Waals surface area (Å²) in [5, 5.41) is 3.00. The third-order valence-electron chi connectivity index (χ3n) is 4.43. The Balaban J connectivity index is 1.41. The Morgan fingerprint density at radius 1 is 0.929 bits per heavy atom. The van der Waals surface area contributed by atoms with Crippen LogP contribution in [0.1, 0.15) is 27.9 Å². The van der Waals surface area contributed by atoms with E-state index < -0.39 is 0 Å². The number of nitrogens with one attached hydrogen (secondary N) is 1. The maximum absolute atomic E-state index is 12.3. The summed E-state index contributed by atoms with van der Waals surface area (Å²) in [6, 6.07) is 26.2. The quantitative estimate of drug-likeness (QED) is 0.395. The molecule has 0 aliphatic rings. The van der Waals surface area contributed by atoms with Crippen molar-refractivity contribution >= 4 is 17.7 Å². The van der Waals surface area contributed by atoms with Crippen molar-refractivity contribution < 1.29 is 9.53 Å². The van der Waals surface area contributed by atoms with E-state index in [0.29, 0.717) is 12.1 Å². The monoisotopic (exact) mass is 391 g/mol. The van der Waals surface area contributed by atoms with Gasteiger partial charge < -0.3 is 10.1 Å². The van der Waals surface area contributed by atoms with Crippen molar-refractivity contribution in [2.75, 3.05) is 13.7 Å². The van der Waals surface area contributed by atoms with Crippen molar-refractivity contribution in [2.24, 2.45) is 0 Å². The predicted molar refractivity (Wildman–Crippen MR) is 116 cm³/mol. The van der Waals surface area contributed by atoms with Crippen LogP contribution in [0.4, 0.5) is 0 Å². The Bertz CT molecular complexity index is 879. The van der Waals surface area contributed by atoms with Crippen molar-refractivity contribution in [1.82, 2.24) is 5.32 Å². The third-order valence-corrected chi connectivity index (χ3v) is 5.51. The highest BCUT2D eigenvalue weighted by atomic mass is 32.2. The number of thioether (sulfide) groups is 1. The van der Waals surface area contributed by atoms with Crippen molar-refractivity contribution in [1.29, 1.82) is 0 Å². The van der Waals surface area contributed by atoms with Crippen LogP contribution in [0.25, 0.3) is 0 Å². The SMILES string of the molecule is COc1cccc(CCCNC(=O)c2ccc(CSc3ccccc3)cc2)c1. The van der Waals surface area contributed by atoms with Gasteiger partial charge in [0.05, 0.1) is 7.11 Å². The Labute approximate surface area is 171 Å². The molecule has 3 aromatic carbocycles. The lowest BCUT2D eigenvalue weighted by molar-refractivity contribution is 0.0953. The fourth-order valence-electron chi connectivity index (χ4n) is 2.86. The lowest BCUT2D eigenvalue weighted by Crippen LogP contribution is -2.24. The van der Waals surface area contributed by atoms with Gasteiger partial charge in [0.1, 0.15) is 5.75 Å². The van der Waals surface area contributed by atoms with Gasteiger partial charge in [-0.05, 0) is 60.4 Å². The van der Waals surface area contributed by atoms with Crippen LogP contribution in [-0.2, 0) is 12.2 Å². The highest BCUT2D eigenvalue weighted by Gasteiger charge is 2.05. The predicted octanol–water partition coefficient (Wildman–Crippen LogP) is 5.35. The molecule has 0 bridgehead atoms. The van der Waals surface area contributed by atoms with Crippen molar-refractivity contribution in [3.63, 3.8) is 0 Å². The van der Waals surface area contributed by atoms with Crippen molar-refractivity contribution in [3.05, 3.63) is 95.6 Å². The molecule has 0 aromatic heterocycles. The topological polar surface area (TPSA) is 38.3 Å². The smallest absolute Gasteiger partial charge is 0.251 e. The van der Waals surface area contributed by atoms with Crippen LogP contribution in [0.2, 0.25) is 0 Å². The third kappa shape index (κ3) is 6.17. The average molecular weight is 392 g/mol. The minimum atomic E-state index is -0.0205. The first-order valence-corrected chi connectivity index (χ1v) is 10.4. The fourth-order valence-corrected chi connectivity index (χ4v) is 3.74. The van der Waals surface area contributed by atoms with Gasteiger partial charge in [0, 0.05) is 22.8 Å². The molecule has 0 unspecified atom stereocenters. The number of hydrogen-bond acceptors (Lipinski definition) is 3. The lowest BCUT2D eigenvalue weighted by atomic mass is 10.1. The van der Waals surface area contributed by atoms with E-state index in [-0.39, 0.29) is 5.91 Å². The molecule has 0 saturated heterocycles. The molecule has 0 aliphatic carbocycles. The number of ether oxygens (including phenoxy) is 1. The largest absolute Gasteiger partial charge is 0.497 e. The Kier molecular flexibility index (Phi) is 7.56. The highest BCUT2D eigenvalue weighted by Crippen LogP contribution is 2.22. The second-order valence-corrected chi connectivity index (χ2v) is 7.56. The number of amides is 1. The van der Waals surface area contributed by atoms with Crippen LogP contribution >= 0.6 is 11.8 Å². The molecule has 28 heavy (non-hydrogen) atoms. The summed E-state index contributed by atoms with van der Waals surface area (Å²) in [4.78, 5) is 13.6. The van der Waals surface area contributed by atoms with Crippen LogP contribution in [0.15, 0.2) is 83.8 Å². The molecule has 1 amide bonds. The molecular weight excluding hydrogens is 366 g/mol. The van der Waals surface area contributed by atoms with Gasteiger partial charge in [0.2, 0.25) is 0 Å². The van der Waals surface area contributed by atoms with Gasteiger partial charge in [0.25, 0.3) is 5.91 Å². The van der Waals surface area contributed by atoms with Gasteiger partial charge in [-0.25, -0.2) is 0 Å². The van der Waals surface area contributed by atoms with Crippen molar-refractivity contribution in [2.45, 2.75) is 23.5 Å². The number of hydrogen-bond donors (Lipinski definition) is 1. The molecule has 3 rings (SSSR count). The molecule has 3 nitrogen and oxygen atoms in total. The van der Waals surface area contributed by atoms with Crippen molar-refractivity contribution in [3.8, 4) is 5.75 Å². The van der Waals surface area contributed by atoms with Crippen LogP contribution in [0.3, 0.4) is 0 Å². The maximum Gasteiger partial charge on any atom is 0.251 e. The second kappa shape index (κ2) is 10.6. The number of carbonyl (C=O) groups excluding carboxylic acids is 1. The summed E-state index contributed by atoms with van der Waals surface area (Å²) < 4.78 is 5.24. The Hall–Kier alpha value is -2.72. The van der Waals surface area contributed by atoms with E-state index in [9.17, 15) is 4.79 Å². The first kappa shape index (κ1) is 20.0. The molecule has 0 spiro atoms. The molecule has 144 valence electrons. The standard InChI is InChI=1S/C24H25NO2S/c1-27-22-9-5-7-19(17-22)8-6-16-25-24(26)21-14-12-20(13-15-21)18-28-23-10-3-2-4-11-23/h2-5,7,9-15,17H,6,8,16,18H2,1H3,(H,25,26). The van der Waals surface area contributed by atoms with Gasteiger partial charge in [-0.3, -0.25) is 4.79 Å². The Morgan fingerprint density at radius 2 is 1.71 bits per heavy atom. The minimum absolute atomic E-state index is 0.0205. The van der Waals surface area contributed by atoms with Gasteiger partial charge in [-0.2, -0.15) is 0 Å². The van der Waals surface area contributed by atoms with E-state index in [2.05, 4.69) is 23.5 Å². The summed E-state index contributed by atoms with van der Waals surface area (Å²) >= 11 is 1.80. The van der Waals surface area contributed by atoms with E-state index in [4.69, 9.17) is 4.74 Å². The first-order valence-electron chi connectivity index (χ1n) is 9.42. The second-order valence-electron chi connectivity index (χ2n) is 6.51. The summed E-state index contributed by atoms with van der Waals surface area (Å²) in [6.45, 7) is 0.654. The zero-order valence-electron chi connectivity index (χ0n) is 16.1. The van der Waals surface area contributed by atoms with Crippen LogP contribution in [0.5, 0.6) is 5.75 Å². The molecule has 3 aromatic rings. The summed E-state index contributed by atoms with van der Waals surface area (Å²) in [6.07, 6.45) is 1.80. The van der Waals surface area contributed by atoms with Gasteiger partial charge in [-0.15, -0.1) is 11.8 Å². The molecule has 0 heterocycles. The molecule has 0 fully saturated rings. The van der Waals surface area contributed by atoms with Crippen LogP contribution < -0.4 is 10.1 Å². The van der Waals surface area contributed by atoms with E-state index in [1.165, 1.54) is 16.0 Å². The summed E-state index contributed by atoms with van der Waals surface area (Å²) in [5.74, 6) is 1.74. The van der Waals surface area contributed by atoms with Crippen LogP contribution in [-0.4, -0.2) is 19.6 Å². The summed E-state index contributed by atoms with van der Waals surface area (Å²) in [5.41, 5.74) is 3.13. The Morgan fingerprint density at radius 3 is 2.46 bits per heavy atom. The number of carbonyl (C=O) groups is 1. The fraction of sp³-hybridized carbons (Fsp3) is 0.208. The number of benzene rings is 3. The molecule has 0 atom stereocenters. The molecule has 0 radical (unpaired) electrons. The van der Waals surface area contributed by atoms with E-state index in [1.807, 2.05) is 60.7 Å². The normalized spacial score (nSPS) is 10.5. The summed E-state index contributed by atoms with van der Waals surface area (Å²) in [7, 11) is 1.67. The maximum atomic E-state index is 12.3. The minimum Gasteiger partial charge on any atom is -0.497 e. The molecule has 4 heteroatoms. The van der Waals surface area contributed by atoms with E-state index in [1.54, 1.807) is 18.9 Å². The highest BCUT2D eigenvalue weighted by molar-refractivity contribution is 7.98. The molecule has 1 N–H and O–H groups in total. The molecule has 0 aliphatic heterocycles. The van der Waals surface area contributed by atoms with Gasteiger partial charge >= 0.3 is 0 Å². The zero-order valence-corrected chi connectivity index (χ0v) is 16.9. The van der Waals surface area contributed by atoms with Gasteiger partial charge in [-0.1, -0.05) is 42.5 Å². The zero-order chi connectivity index (χ0) is 19.6.